The van der Waals surface area contributed by atoms with Gasteiger partial charge in [0, 0.05) is 32.4 Å². The molecular formula is C22H36N2O3. The van der Waals surface area contributed by atoms with E-state index < -0.39 is 5.60 Å². The molecule has 5 heteroatoms. The molecule has 0 saturated carbocycles. The number of benzene rings is 1. The Balaban J connectivity index is 1.80. The van der Waals surface area contributed by atoms with Gasteiger partial charge >= 0.3 is 0 Å². The highest BCUT2D eigenvalue weighted by molar-refractivity contribution is 5.97. The molecule has 3 atom stereocenters. The van der Waals surface area contributed by atoms with Crippen molar-refractivity contribution in [3.63, 3.8) is 0 Å². The molecule has 1 aliphatic heterocycles. The minimum absolute atomic E-state index is 0.117. The number of hydrogen-bond donors (Lipinski definition) is 1. The van der Waals surface area contributed by atoms with Gasteiger partial charge < -0.3 is 14.8 Å². The van der Waals surface area contributed by atoms with Crippen LogP contribution in [0.25, 0.3) is 0 Å². The summed E-state index contributed by atoms with van der Waals surface area (Å²) in [6, 6.07) is 7.56. The molecular weight excluding hydrogens is 340 g/mol. The van der Waals surface area contributed by atoms with E-state index in [1.54, 1.807) is 7.11 Å². The van der Waals surface area contributed by atoms with Crippen molar-refractivity contribution in [2.24, 2.45) is 11.8 Å². The van der Waals surface area contributed by atoms with Gasteiger partial charge in [-0.25, -0.2) is 0 Å². The Morgan fingerprint density at radius 2 is 1.85 bits per heavy atom. The first-order chi connectivity index (χ1) is 12.9. The van der Waals surface area contributed by atoms with Crippen molar-refractivity contribution in [1.29, 1.82) is 0 Å². The molecule has 1 aromatic carbocycles. The van der Waals surface area contributed by atoms with Gasteiger partial charge in [-0.05, 0) is 55.9 Å². The van der Waals surface area contributed by atoms with Crippen molar-refractivity contribution in [2.75, 3.05) is 38.7 Å². The van der Waals surface area contributed by atoms with E-state index in [2.05, 4.69) is 24.1 Å². The lowest BCUT2D eigenvalue weighted by Gasteiger charge is -2.34. The predicted molar refractivity (Wildman–Crippen MR) is 110 cm³/mol. The lowest BCUT2D eigenvalue weighted by Crippen LogP contribution is -2.41. The Bertz CT molecular complexity index is 580. The van der Waals surface area contributed by atoms with E-state index >= 15 is 0 Å². The molecule has 27 heavy (non-hydrogen) atoms. The second kappa shape index (κ2) is 10.1. The summed E-state index contributed by atoms with van der Waals surface area (Å²) >= 11 is 0. The number of nitrogens with zero attached hydrogens (tertiary/aromatic N) is 1. The Labute approximate surface area is 164 Å². The number of ether oxygens (including phenoxy) is 2. The van der Waals surface area contributed by atoms with E-state index in [0.717, 1.165) is 49.3 Å². The molecule has 0 aliphatic carbocycles. The quantitative estimate of drug-likeness (QED) is 0.702. The van der Waals surface area contributed by atoms with E-state index in [1.165, 1.54) is 6.42 Å². The van der Waals surface area contributed by atoms with Crippen molar-refractivity contribution in [3.8, 4) is 5.75 Å². The van der Waals surface area contributed by atoms with Gasteiger partial charge in [0.05, 0.1) is 0 Å². The van der Waals surface area contributed by atoms with Gasteiger partial charge in [-0.1, -0.05) is 27.2 Å². The van der Waals surface area contributed by atoms with Gasteiger partial charge in [0.15, 0.2) is 0 Å². The van der Waals surface area contributed by atoms with Crippen LogP contribution in [0.1, 0.15) is 47.0 Å². The molecule has 0 spiro atoms. The normalized spacial score (nSPS) is 22.9. The van der Waals surface area contributed by atoms with Crippen LogP contribution in [-0.2, 0) is 9.53 Å². The van der Waals surface area contributed by atoms with Crippen LogP contribution < -0.4 is 10.1 Å². The lowest BCUT2D eigenvalue weighted by atomic mass is 9.92. The number of hydrogen-bond acceptors (Lipinski definition) is 4. The largest absolute Gasteiger partial charge is 0.492 e. The smallest absolute Gasteiger partial charge is 0.256 e. The standard InChI is InChI=1S/C22H36N2O3/c1-6-11-22(4,26-5)21(25)23-19-7-9-20(10-8-19)27-13-12-24-15-17(2)14-18(3)16-24/h7-10,17-18H,6,11-16H2,1-5H3,(H,23,25)/t17-,18-,22-/m1/s1. The van der Waals surface area contributed by atoms with Crippen LogP contribution >= 0.6 is 0 Å². The molecule has 1 fully saturated rings. The third-order valence-corrected chi connectivity index (χ3v) is 5.39. The third kappa shape index (κ3) is 6.51. The van der Waals surface area contributed by atoms with Crippen LogP contribution in [0.3, 0.4) is 0 Å². The summed E-state index contributed by atoms with van der Waals surface area (Å²) in [5, 5.41) is 2.94. The molecule has 0 bridgehead atoms. The molecule has 0 radical (unpaired) electrons. The summed E-state index contributed by atoms with van der Waals surface area (Å²) in [7, 11) is 1.58. The molecule has 152 valence electrons. The second-order valence-corrected chi connectivity index (χ2v) is 8.22. The molecule has 1 N–H and O–H groups in total. The van der Waals surface area contributed by atoms with Crippen molar-refractivity contribution >= 4 is 11.6 Å². The summed E-state index contributed by atoms with van der Waals surface area (Å²) in [5.74, 6) is 2.24. The van der Waals surface area contributed by atoms with Gasteiger partial charge in [-0.15, -0.1) is 0 Å². The minimum atomic E-state index is -0.799. The van der Waals surface area contributed by atoms with E-state index in [9.17, 15) is 4.79 Å². The maximum Gasteiger partial charge on any atom is 0.256 e. The number of piperidine rings is 1. The van der Waals surface area contributed by atoms with Gasteiger partial charge in [0.25, 0.3) is 5.91 Å². The maximum atomic E-state index is 12.5. The fourth-order valence-electron chi connectivity index (χ4n) is 3.95. The van der Waals surface area contributed by atoms with Gasteiger partial charge in [0.1, 0.15) is 18.0 Å². The molecule has 0 aromatic heterocycles. The molecule has 0 unspecified atom stereocenters. The molecule has 1 saturated heterocycles. The highest BCUT2D eigenvalue weighted by Crippen LogP contribution is 2.22. The summed E-state index contributed by atoms with van der Waals surface area (Å²) in [6.45, 7) is 12.5. The van der Waals surface area contributed by atoms with E-state index in [4.69, 9.17) is 9.47 Å². The average molecular weight is 377 g/mol. The Kier molecular flexibility index (Phi) is 8.11. The van der Waals surface area contributed by atoms with Gasteiger partial charge in [-0.3, -0.25) is 9.69 Å². The SMILES string of the molecule is CCC[C@@](C)(OC)C(=O)Nc1ccc(OCCN2C[C@H](C)C[C@@H](C)C2)cc1. The topological polar surface area (TPSA) is 50.8 Å². The monoisotopic (exact) mass is 376 g/mol. The fourth-order valence-corrected chi connectivity index (χ4v) is 3.95. The average Bonchev–Trinajstić information content (AvgIpc) is 2.62. The van der Waals surface area contributed by atoms with Crippen LogP contribution in [0.5, 0.6) is 5.75 Å². The zero-order valence-corrected chi connectivity index (χ0v) is 17.6. The van der Waals surface area contributed by atoms with Crippen molar-refractivity contribution in [3.05, 3.63) is 24.3 Å². The first-order valence-corrected chi connectivity index (χ1v) is 10.2. The molecule has 5 nitrogen and oxygen atoms in total. The number of likely N-dealkylation sites (tertiary alicyclic amines) is 1. The summed E-state index contributed by atoms with van der Waals surface area (Å²) in [5.41, 5.74) is -0.0440. The second-order valence-electron chi connectivity index (χ2n) is 8.22. The van der Waals surface area contributed by atoms with Gasteiger partial charge in [0.2, 0.25) is 0 Å². The van der Waals surface area contributed by atoms with Crippen molar-refractivity contribution in [1.82, 2.24) is 4.90 Å². The molecule has 2 rings (SSSR count). The zero-order valence-electron chi connectivity index (χ0n) is 17.6. The first-order valence-electron chi connectivity index (χ1n) is 10.2. The first kappa shape index (κ1) is 21.7. The number of anilines is 1. The molecule has 1 heterocycles. The summed E-state index contributed by atoms with van der Waals surface area (Å²) in [4.78, 5) is 15.0. The number of rotatable bonds is 9. The van der Waals surface area contributed by atoms with Crippen molar-refractivity contribution in [2.45, 2.75) is 52.6 Å². The number of carbonyl (C=O) groups is 1. The van der Waals surface area contributed by atoms with Crippen LogP contribution in [0.4, 0.5) is 5.69 Å². The van der Waals surface area contributed by atoms with E-state index in [1.807, 2.05) is 38.1 Å². The highest BCUT2D eigenvalue weighted by atomic mass is 16.5. The van der Waals surface area contributed by atoms with Crippen LogP contribution in [0, 0.1) is 11.8 Å². The maximum absolute atomic E-state index is 12.5. The summed E-state index contributed by atoms with van der Waals surface area (Å²) in [6.07, 6.45) is 2.90. The summed E-state index contributed by atoms with van der Waals surface area (Å²) < 4.78 is 11.3. The van der Waals surface area contributed by atoms with Crippen LogP contribution in [-0.4, -0.2) is 49.8 Å². The number of methoxy groups -OCH3 is 1. The molecule has 1 amide bonds. The minimum Gasteiger partial charge on any atom is -0.492 e. The number of nitrogens with one attached hydrogen (secondary N) is 1. The Morgan fingerprint density at radius 3 is 2.41 bits per heavy atom. The van der Waals surface area contributed by atoms with Crippen LogP contribution in [0.15, 0.2) is 24.3 Å². The Morgan fingerprint density at radius 1 is 1.22 bits per heavy atom. The van der Waals surface area contributed by atoms with Crippen LogP contribution in [0.2, 0.25) is 0 Å². The zero-order chi connectivity index (χ0) is 19.9. The van der Waals surface area contributed by atoms with Gasteiger partial charge in [-0.2, -0.15) is 0 Å². The predicted octanol–water partition coefficient (Wildman–Crippen LogP) is 4.19. The molecule has 1 aliphatic rings. The molecule has 1 aromatic rings. The third-order valence-electron chi connectivity index (χ3n) is 5.39. The highest BCUT2D eigenvalue weighted by Gasteiger charge is 2.32. The van der Waals surface area contributed by atoms with E-state index in [-0.39, 0.29) is 5.91 Å². The number of carbonyl (C=O) groups excluding carboxylic acids is 1. The lowest BCUT2D eigenvalue weighted by molar-refractivity contribution is -0.136. The number of amides is 1. The van der Waals surface area contributed by atoms with Crippen molar-refractivity contribution < 1.29 is 14.3 Å². The Hall–Kier alpha value is -1.59. The fraction of sp³-hybridized carbons (Fsp3) is 0.682. The van der Waals surface area contributed by atoms with E-state index in [0.29, 0.717) is 13.0 Å².